The third kappa shape index (κ3) is 8.89. The van der Waals surface area contributed by atoms with Gasteiger partial charge in [0, 0.05) is 31.6 Å². The zero-order valence-electron chi connectivity index (χ0n) is 24.4. The van der Waals surface area contributed by atoms with Crippen molar-refractivity contribution in [2.45, 2.75) is 64.4 Å². The zero-order valence-corrected chi connectivity index (χ0v) is 24.4. The molecule has 0 spiro atoms. The number of alkyl carbamates (subject to hydrolysis) is 1. The molecule has 43 heavy (non-hydrogen) atoms. The van der Waals surface area contributed by atoms with Crippen molar-refractivity contribution in [2.24, 2.45) is 0 Å². The summed E-state index contributed by atoms with van der Waals surface area (Å²) in [6, 6.07) is 14.6. The Bertz CT molecular complexity index is 1350. The smallest absolute Gasteiger partial charge is 0.408 e. The van der Waals surface area contributed by atoms with E-state index in [1.165, 1.54) is 4.90 Å². The molecule has 0 unspecified atom stereocenters. The molecule has 2 aromatic carbocycles. The van der Waals surface area contributed by atoms with E-state index in [2.05, 4.69) is 16.1 Å². The van der Waals surface area contributed by atoms with E-state index in [0.717, 1.165) is 5.56 Å². The van der Waals surface area contributed by atoms with E-state index in [1.54, 1.807) is 63.2 Å². The molecule has 0 radical (unpaired) electrons. The lowest BCUT2D eigenvalue weighted by molar-refractivity contribution is -0.157. The normalized spacial score (nSPS) is 16.6. The maximum atomic E-state index is 12.7. The highest BCUT2D eigenvalue weighted by molar-refractivity contribution is 6.21. The molecule has 4 rings (SSSR count). The largest absolute Gasteiger partial charge is 0.458 e. The van der Waals surface area contributed by atoms with Gasteiger partial charge < -0.3 is 20.1 Å². The quantitative estimate of drug-likeness (QED) is 0.249. The predicted molar refractivity (Wildman–Crippen MR) is 154 cm³/mol. The number of esters is 1. The number of carbonyl (C=O) groups excluding carboxylic acids is 5. The molecule has 4 amide bonds. The van der Waals surface area contributed by atoms with Gasteiger partial charge in [-0.1, -0.05) is 42.5 Å². The first-order chi connectivity index (χ1) is 20.5. The Hall–Kier alpha value is -4.71. The third-order valence-electron chi connectivity index (χ3n) is 6.57. The number of hydrogen-bond acceptors (Lipinski definition) is 9. The van der Waals surface area contributed by atoms with E-state index in [0.29, 0.717) is 29.7 Å². The highest BCUT2D eigenvalue weighted by atomic mass is 16.7. The van der Waals surface area contributed by atoms with Crippen molar-refractivity contribution in [3.63, 3.8) is 0 Å². The fourth-order valence-corrected chi connectivity index (χ4v) is 4.45. The lowest BCUT2D eigenvalue weighted by Gasteiger charge is -2.24. The Morgan fingerprint density at radius 1 is 1.00 bits per heavy atom. The molecule has 2 aliphatic heterocycles. The second-order valence-corrected chi connectivity index (χ2v) is 11.1. The van der Waals surface area contributed by atoms with Gasteiger partial charge in [0.25, 0.3) is 11.8 Å². The van der Waals surface area contributed by atoms with Crippen LogP contribution >= 0.6 is 0 Å². The lowest BCUT2D eigenvalue weighted by atomic mass is 10.1. The lowest BCUT2D eigenvalue weighted by Crippen LogP contribution is -2.50. The molecule has 2 heterocycles. The first kappa shape index (κ1) is 31.2. The average Bonchev–Trinajstić information content (AvgIpc) is 3.53. The Labute approximate surface area is 249 Å². The zero-order chi connectivity index (χ0) is 31.0. The molecule has 0 bridgehead atoms. The van der Waals surface area contributed by atoms with Crippen LogP contribution in [0.3, 0.4) is 0 Å². The summed E-state index contributed by atoms with van der Waals surface area (Å²) < 4.78 is 10.6. The van der Waals surface area contributed by atoms with Crippen LogP contribution in [0, 0.1) is 0 Å². The highest BCUT2D eigenvalue weighted by Gasteiger charge is 2.35. The first-order valence-corrected chi connectivity index (χ1v) is 14.0. The van der Waals surface area contributed by atoms with Gasteiger partial charge in [0.1, 0.15) is 24.4 Å². The molecule has 0 fully saturated rings. The number of rotatable bonds is 12. The Morgan fingerprint density at radius 3 is 2.30 bits per heavy atom. The summed E-state index contributed by atoms with van der Waals surface area (Å²) >= 11 is 0. The van der Waals surface area contributed by atoms with Gasteiger partial charge in [-0.25, -0.2) is 9.59 Å². The van der Waals surface area contributed by atoms with Gasteiger partial charge in [-0.15, -0.1) is 0 Å². The summed E-state index contributed by atoms with van der Waals surface area (Å²) in [4.78, 5) is 69.5. The van der Waals surface area contributed by atoms with Gasteiger partial charge in [0.2, 0.25) is 5.91 Å². The minimum atomic E-state index is -1.16. The number of carbonyl (C=O) groups is 5. The minimum absolute atomic E-state index is 0.0172. The van der Waals surface area contributed by atoms with Crippen molar-refractivity contribution in [1.82, 2.24) is 21.0 Å². The van der Waals surface area contributed by atoms with Crippen LogP contribution in [-0.2, 0) is 30.5 Å². The van der Waals surface area contributed by atoms with Gasteiger partial charge in [-0.2, -0.15) is 0 Å². The van der Waals surface area contributed by atoms with Crippen LogP contribution < -0.4 is 16.1 Å². The number of amides is 4. The fraction of sp³-hybridized carbons (Fsp3) is 0.387. The van der Waals surface area contributed by atoms with Crippen molar-refractivity contribution in [3.8, 4) is 0 Å². The summed E-state index contributed by atoms with van der Waals surface area (Å²) in [7, 11) is 0. The molecular weight excluding hydrogens is 556 g/mol. The summed E-state index contributed by atoms with van der Waals surface area (Å²) in [5.74, 6) is -1.71. The van der Waals surface area contributed by atoms with Gasteiger partial charge in [-0.05, 0) is 51.0 Å². The predicted octanol–water partition coefficient (Wildman–Crippen LogP) is 2.99. The number of ether oxygens (including phenoxy) is 2. The van der Waals surface area contributed by atoms with Crippen molar-refractivity contribution in [1.29, 1.82) is 0 Å². The summed E-state index contributed by atoms with van der Waals surface area (Å²) in [6.45, 7) is 5.11. The number of hydrogen-bond donors (Lipinski definition) is 3. The maximum Gasteiger partial charge on any atom is 0.408 e. The highest BCUT2D eigenvalue weighted by Crippen LogP contribution is 2.24. The van der Waals surface area contributed by atoms with Gasteiger partial charge in [0.05, 0.1) is 11.1 Å². The second kappa shape index (κ2) is 14.0. The number of nitrogens with one attached hydrogen (secondary N) is 3. The Balaban J connectivity index is 1.22. The van der Waals surface area contributed by atoms with Crippen LogP contribution in [-0.4, -0.2) is 65.5 Å². The van der Waals surface area contributed by atoms with Crippen LogP contribution in [0.2, 0.25) is 0 Å². The van der Waals surface area contributed by atoms with E-state index in [-0.39, 0.29) is 43.8 Å². The second-order valence-electron chi connectivity index (χ2n) is 11.1. The molecule has 2 aromatic rings. The van der Waals surface area contributed by atoms with Gasteiger partial charge in [0.15, 0.2) is 0 Å². The molecule has 0 aromatic heterocycles. The number of nitrogens with zero attached hydrogens (tertiary/aromatic N) is 1. The molecule has 0 saturated carbocycles. The third-order valence-corrected chi connectivity index (χ3v) is 6.57. The molecule has 12 nitrogen and oxygen atoms in total. The van der Waals surface area contributed by atoms with E-state index >= 15 is 0 Å². The van der Waals surface area contributed by atoms with Gasteiger partial charge >= 0.3 is 12.1 Å². The van der Waals surface area contributed by atoms with E-state index < -0.39 is 29.8 Å². The maximum absolute atomic E-state index is 12.7. The van der Waals surface area contributed by atoms with Crippen LogP contribution in [0.25, 0.3) is 0 Å². The Morgan fingerprint density at radius 2 is 1.65 bits per heavy atom. The molecule has 0 saturated heterocycles. The van der Waals surface area contributed by atoms with Crippen LogP contribution in [0.4, 0.5) is 4.79 Å². The number of benzene rings is 2. The molecule has 0 aliphatic carbocycles. The average molecular weight is 593 g/mol. The Kier molecular flexibility index (Phi) is 10.1. The van der Waals surface area contributed by atoms with E-state index in [1.807, 2.05) is 18.2 Å². The van der Waals surface area contributed by atoms with Crippen molar-refractivity contribution >= 4 is 29.8 Å². The molecule has 2 aliphatic rings. The van der Waals surface area contributed by atoms with Crippen molar-refractivity contribution in [3.05, 3.63) is 83.1 Å². The first-order valence-electron chi connectivity index (χ1n) is 14.0. The SMILES string of the molecule is CC(C)(C)OC(=O)[C@H](CNC(=O)CC[C@@H]1C=C(CCN2C(=O)c3ccccc3C2=O)NO1)NC(=O)OCc1ccccc1. The number of fused-ring (bicyclic) bond motifs is 1. The molecular formula is C31H36N4O8. The van der Waals surface area contributed by atoms with Gasteiger partial charge in [-0.3, -0.25) is 29.6 Å². The van der Waals surface area contributed by atoms with Crippen LogP contribution in [0.5, 0.6) is 0 Å². The molecule has 2 atom stereocenters. The summed E-state index contributed by atoms with van der Waals surface area (Å²) in [6.07, 6.45) is 1.36. The van der Waals surface area contributed by atoms with E-state index in [9.17, 15) is 24.0 Å². The van der Waals surface area contributed by atoms with Crippen LogP contribution in [0.15, 0.2) is 66.4 Å². The topological polar surface area (TPSA) is 152 Å². The van der Waals surface area contributed by atoms with Crippen molar-refractivity contribution in [2.75, 3.05) is 13.1 Å². The minimum Gasteiger partial charge on any atom is -0.458 e. The summed E-state index contributed by atoms with van der Waals surface area (Å²) in [5, 5.41) is 5.13. The standard InChI is InChI=1S/C31H36N4O8/c1-31(2,3)42-29(39)25(33-30(40)41-19-20-9-5-4-6-10-20)18-32-26(36)14-13-22-17-21(34-43-22)15-16-35-27(37)23-11-7-8-12-24(23)28(35)38/h4-12,17,22,25,34H,13-16,18-19H2,1-3H3,(H,32,36)(H,33,40)/t22-,25+/m1/s1. The fourth-order valence-electron chi connectivity index (χ4n) is 4.45. The van der Waals surface area contributed by atoms with Crippen LogP contribution in [0.1, 0.15) is 66.3 Å². The van der Waals surface area contributed by atoms with Crippen molar-refractivity contribution < 1.29 is 38.3 Å². The molecule has 12 heteroatoms. The number of imide groups is 1. The molecule has 3 N–H and O–H groups in total. The number of hydroxylamine groups is 1. The van der Waals surface area contributed by atoms with E-state index in [4.69, 9.17) is 14.3 Å². The monoisotopic (exact) mass is 592 g/mol. The molecule has 228 valence electrons. The summed E-state index contributed by atoms with van der Waals surface area (Å²) in [5.41, 5.74) is 4.27.